The normalized spacial score (nSPS) is 12.2. The van der Waals surface area contributed by atoms with Crippen LogP contribution in [0.3, 0.4) is 0 Å². The van der Waals surface area contributed by atoms with E-state index in [9.17, 15) is 14.4 Å². The van der Waals surface area contributed by atoms with E-state index in [-0.39, 0.29) is 19.8 Å². The Morgan fingerprint density at radius 1 is 1.11 bits per heavy atom. The van der Waals surface area contributed by atoms with Gasteiger partial charge in [-0.3, -0.25) is 19.8 Å². The van der Waals surface area contributed by atoms with Gasteiger partial charge in [0.05, 0.1) is 24.4 Å². The number of quaternary nitrogens is 1. The lowest BCUT2D eigenvalue weighted by Crippen LogP contribution is -2.61. The molecule has 0 bridgehead atoms. The lowest BCUT2D eigenvalue weighted by molar-refractivity contribution is -0.305. The summed E-state index contributed by atoms with van der Waals surface area (Å²) in [4.78, 5) is 37.3. The third-order valence-corrected chi connectivity index (χ3v) is 5.20. The van der Waals surface area contributed by atoms with E-state index in [1.54, 1.807) is 36.4 Å². The standard InChI is InChI=1S/C24H31N7O5/c1-24(2,26)22(33)27-18(15-35-13-16-8-5-4-6-9-16)21-29-28-20-11-7-10-17(31(20)21)14-36-23(34)30(3)12-19(25)32/h4-11,18H,12-15,26H2,1-3H3,(H2,25,32)(H,27,33)/p+1. The number of carbonyl (C=O) groups excluding carboxylic acids is 3. The zero-order valence-electron chi connectivity index (χ0n) is 20.6. The number of nitrogens with zero attached hydrogens (tertiary/aromatic N) is 4. The molecule has 0 saturated carbocycles. The zero-order chi connectivity index (χ0) is 26.3. The van der Waals surface area contributed by atoms with E-state index < -0.39 is 29.5 Å². The molecule has 6 N–H and O–H groups in total. The first-order chi connectivity index (χ1) is 17.1. The summed E-state index contributed by atoms with van der Waals surface area (Å²) in [6.45, 7) is 3.35. The molecule has 1 atom stereocenters. The molecule has 1 aromatic carbocycles. The first kappa shape index (κ1) is 26.7. The van der Waals surface area contributed by atoms with Crippen molar-refractivity contribution in [2.75, 3.05) is 20.2 Å². The molecule has 0 fully saturated rings. The number of aromatic nitrogens is 3. The molecule has 3 amide bonds. The third-order valence-electron chi connectivity index (χ3n) is 5.20. The molecule has 36 heavy (non-hydrogen) atoms. The van der Waals surface area contributed by atoms with Crippen LogP contribution in [0.15, 0.2) is 48.5 Å². The van der Waals surface area contributed by atoms with E-state index >= 15 is 0 Å². The third kappa shape index (κ3) is 7.07. The average molecular weight is 499 g/mol. The predicted molar refractivity (Wildman–Crippen MR) is 129 cm³/mol. The number of likely N-dealkylation sites (N-methyl/N-ethyl adjacent to an activating group) is 1. The second kappa shape index (κ2) is 11.7. The van der Waals surface area contributed by atoms with Gasteiger partial charge in [0, 0.05) is 7.05 Å². The molecule has 0 aliphatic rings. The number of nitrogens with one attached hydrogen (secondary N) is 1. The molecular formula is C24H32N7O5+. The highest BCUT2D eigenvalue weighted by molar-refractivity contribution is 5.85. The fourth-order valence-corrected chi connectivity index (χ4v) is 3.34. The molecule has 0 spiro atoms. The van der Waals surface area contributed by atoms with E-state index in [0.29, 0.717) is 23.8 Å². The van der Waals surface area contributed by atoms with Crippen LogP contribution in [0.1, 0.15) is 37.0 Å². The van der Waals surface area contributed by atoms with Crippen molar-refractivity contribution in [2.45, 2.75) is 38.6 Å². The predicted octanol–water partition coefficient (Wildman–Crippen LogP) is 0.178. The molecule has 2 heterocycles. The van der Waals surface area contributed by atoms with Gasteiger partial charge in [-0.05, 0) is 31.5 Å². The fraction of sp³-hybridized carbons (Fsp3) is 0.375. The minimum atomic E-state index is -1.13. The van der Waals surface area contributed by atoms with E-state index in [1.807, 2.05) is 30.3 Å². The summed E-state index contributed by atoms with van der Waals surface area (Å²) in [7, 11) is 1.44. The lowest BCUT2D eigenvalue weighted by Gasteiger charge is -2.24. The molecule has 1 unspecified atom stereocenters. The number of ether oxygens (including phenoxy) is 2. The first-order valence-corrected chi connectivity index (χ1v) is 11.3. The maximum absolute atomic E-state index is 12.7. The minimum absolute atomic E-state index is 0.0972. The van der Waals surface area contributed by atoms with Crippen molar-refractivity contribution < 1.29 is 29.6 Å². The number of hydrogen-bond acceptors (Lipinski definition) is 8. The van der Waals surface area contributed by atoms with E-state index in [0.717, 1.165) is 10.5 Å². The van der Waals surface area contributed by atoms with Gasteiger partial charge in [0.15, 0.2) is 11.5 Å². The van der Waals surface area contributed by atoms with E-state index in [4.69, 9.17) is 15.2 Å². The van der Waals surface area contributed by atoms with E-state index in [1.165, 1.54) is 7.05 Å². The Balaban J connectivity index is 1.85. The largest absolute Gasteiger partial charge is 0.443 e. The number of carbonyl (C=O) groups is 3. The lowest BCUT2D eigenvalue weighted by atomic mass is 10.1. The van der Waals surface area contributed by atoms with Crippen LogP contribution < -0.4 is 16.8 Å². The van der Waals surface area contributed by atoms with Gasteiger partial charge in [0.2, 0.25) is 5.91 Å². The van der Waals surface area contributed by atoms with Crippen molar-refractivity contribution in [2.24, 2.45) is 5.73 Å². The van der Waals surface area contributed by atoms with Crippen LogP contribution in [0.5, 0.6) is 0 Å². The van der Waals surface area contributed by atoms with Gasteiger partial charge in [-0.25, -0.2) is 9.59 Å². The number of pyridine rings is 1. The van der Waals surface area contributed by atoms with E-state index in [2.05, 4.69) is 21.2 Å². The fourth-order valence-electron chi connectivity index (χ4n) is 3.34. The van der Waals surface area contributed by atoms with Crippen LogP contribution in [-0.2, 0) is 32.3 Å². The molecule has 2 aromatic heterocycles. The number of benzene rings is 1. The van der Waals surface area contributed by atoms with Crippen LogP contribution in [-0.4, -0.2) is 63.1 Å². The molecule has 192 valence electrons. The van der Waals surface area contributed by atoms with Crippen LogP contribution in [0.2, 0.25) is 0 Å². The smallest absolute Gasteiger partial charge is 0.410 e. The Hall–Kier alpha value is -3.87. The number of amides is 3. The topological polar surface area (TPSA) is 169 Å². The maximum Gasteiger partial charge on any atom is 0.410 e. The summed E-state index contributed by atoms with van der Waals surface area (Å²) in [5.74, 6) is -0.408. The highest BCUT2D eigenvalue weighted by atomic mass is 16.6. The summed E-state index contributed by atoms with van der Waals surface area (Å²) in [5, 5.41) is 11.4. The Morgan fingerprint density at radius 2 is 1.83 bits per heavy atom. The van der Waals surface area contributed by atoms with Gasteiger partial charge < -0.3 is 20.5 Å². The van der Waals surface area contributed by atoms with Gasteiger partial charge in [0.1, 0.15) is 19.2 Å². The second-order valence-corrected chi connectivity index (χ2v) is 8.97. The molecule has 0 saturated heterocycles. The first-order valence-electron chi connectivity index (χ1n) is 11.3. The summed E-state index contributed by atoms with van der Waals surface area (Å²) >= 11 is 0. The number of nitrogens with two attached hydrogens (primary N) is 1. The number of hydrogen-bond donors (Lipinski definition) is 3. The second-order valence-electron chi connectivity index (χ2n) is 8.97. The minimum Gasteiger partial charge on any atom is -0.443 e. The van der Waals surface area contributed by atoms with Gasteiger partial charge >= 0.3 is 12.0 Å². The van der Waals surface area contributed by atoms with Gasteiger partial charge in [0.25, 0.3) is 0 Å². The molecule has 12 heteroatoms. The number of fused-ring (bicyclic) bond motifs is 1. The van der Waals surface area contributed by atoms with Gasteiger partial charge in [-0.15, -0.1) is 10.2 Å². The number of rotatable bonds is 11. The monoisotopic (exact) mass is 498 g/mol. The summed E-state index contributed by atoms with van der Waals surface area (Å²) in [6.07, 6.45) is -0.681. The van der Waals surface area contributed by atoms with Gasteiger partial charge in [-0.2, -0.15) is 0 Å². The van der Waals surface area contributed by atoms with Gasteiger partial charge in [-0.1, -0.05) is 36.4 Å². The Morgan fingerprint density at radius 3 is 2.50 bits per heavy atom. The molecule has 0 radical (unpaired) electrons. The summed E-state index contributed by atoms with van der Waals surface area (Å²) in [5.41, 5.74) is 10.2. The Bertz CT molecular complexity index is 1210. The van der Waals surface area contributed by atoms with Crippen LogP contribution >= 0.6 is 0 Å². The molecular weight excluding hydrogens is 466 g/mol. The molecule has 0 aliphatic carbocycles. The van der Waals surface area contributed by atoms with Crippen LogP contribution in [0.25, 0.3) is 5.65 Å². The Kier molecular flexibility index (Phi) is 8.69. The van der Waals surface area contributed by atoms with Crippen molar-refractivity contribution >= 4 is 23.6 Å². The van der Waals surface area contributed by atoms with Crippen molar-refractivity contribution in [3.8, 4) is 0 Å². The molecule has 3 rings (SSSR count). The zero-order valence-corrected chi connectivity index (χ0v) is 20.6. The molecule has 12 nitrogen and oxygen atoms in total. The Labute approximate surface area is 208 Å². The van der Waals surface area contributed by atoms with Crippen molar-refractivity contribution in [3.05, 3.63) is 65.6 Å². The van der Waals surface area contributed by atoms with Crippen LogP contribution in [0.4, 0.5) is 4.79 Å². The highest BCUT2D eigenvalue weighted by Gasteiger charge is 2.28. The molecule has 3 aromatic rings. The van der Waals surface area contributed by atoms with Crippen molar-refractivity contribution in [3.63, 3.8) is 0 Å². The van der Waals surface area contributed by atoms with Crippen molar-refractivity contribution in [1.29, 1.82) is 0 Å². The van der Waals surface area contributed by atoms with Crippen molar-refractivity contribution in [1.82, 2.24) is 24.8 Å². The molecule has 0 aliphatic heterocycles. The summed E-state index contributed by atoms with van der Waals surface area (Å²) < 4.78 is 13.0. The average Bonchev–Trinajstić information content (AvgIpc) is 3.26. The maximum atomic E-state index is 12.7. The highest BCUT2D eigenvalue weighted by Crippen LogP contribution is 2.18. The SMILES string of the molecule is CN(CC([NH3+])=O)C(=O)OCc1cccc2nnc(C(COCc3ccccc3)NC(=O)C(C)(C)N)n12. The quantitative estimate of drug-likeness (QED) is 0.336. The summed E-state index contributed by atoms with van der Waals surface area (Å²) in [6, 6.07) is 14.2. The van der Waals surface area contributed by atoms with Crippen LogP contribution in [0, 0.1) is 0 Å².